The lowest BCUT2D eigenvalue weighted by molar-refractivity contribution is -0.144. The summed E-state index contributed by atoms with van der Waals surface area (Å²) in [6.45, 7) is 6.17. The Labute approximate surface area is 118 Å². The van der Waals surface area contributed by atoms with Gasteiger partial charge in [0.25, 0.3) is 0 Å². The maximum Gasteiger partial charge on any atom is 0.323 e. The van der Waals surface area contributed by atoms with Crippen LogP contribution in [0.4, 0.5) is 0 Å². The molecule has 0 aromatic carbocycles. The van der Waals surface area contributed by atoms with Gasteiger partial charge in [-0.25, -0.2) is 4.98 Å². The quantitative estimate of drug-likeness (QED) is 0.849. The number of carboxylic acid groups (broad SMARTS) is 1. The fraction of sp³-hybridized carbons (Fsp3) is 0.467. The van der Waals surface area contributed by atoms with Crippen molar-refractivity contribution in [1.82, 2.24) is 14.7 Å². The van der Waals surface area contributed by atoms with Gasteiger partial charge in [0.05, 0.1) is 5.69 Å². The van der Waals surface area contributed by atoms with Crippen LogP contribution in [0.3, 0.4) is 0 Å². The number of nitrogens with zero attached hydrogens (tertiary/aromatic N) is 2. The fourth-order valence-electron chi connectivity index (χ4n) is 2.35. The molecule has 0 aliphatic carbocycles. The average Bonchev–Trinajstić information content (AvgIpc) is 2.81. The largest absolute Gasteiger partial charge is 0.480 e. The van der Waals surface area contributed by atoms with E-state index < -0.39 is 11.5 Å². The number of fused-ring (bicyclic) bond motifs is 1. The van der Waals surface area contributed by atoms with Crippen LogP contribution in [0.1, 0.15) is 37.9 Å². The number of pyridine rings is 1. The molecule has 0 saturated heterocycles. The highest BCUT2D eigenvalue weighted by Gasteiger charge is 2.31. The van der Waals surface area contributed by atoms with Crippen LogP contribution in [0.15, 0.2) is 24.5 Å². The van der Waals surface area contributed by atoms with E-state index in [2.05, 4.69) is 10.3 Å². The molecule has 0 aliphatic rings. The zero-order chi connectivity index (χ0) is 14.8. The number of carboxylic acids is 1. The number of rotatable bonds is 6. The summed E-state index contributed by atoms with van der Waals surface area (Å²) in [5.41, 5.74) is 1.97. The van der Waals surface area contributed by atoms with Crippen molar-refractivity contribution in [2.24, 2.45) is 0 Å². The average molecular weight is 275 g/mol. The third-order valence-electron chi connectivity index (χ3n) is 3.61. The van der Waals surface area contributed by atoms with Crippen molar-refractivity contribution in [3.8, 4) is 0 Å². The van der Waals surface area contributed by atoms with Gasteiger partial charge in [-0.15, -0.1) is 0 Å². The number of imidazole rings is 1. The molecule has 5 heteroatoms. The Morgan fingerprint density at radius 3 is 2.90 bits per heavy atom. The second-order valence-electron chi connectivity index (χ2n) is 5.40. The number of aliphatic carboxylic acids is 1. The highest BCUT2D eigenvalue weighted by atomic mass is 16.4. The first-order valence-electron chi connectivity index (χ1n) is 6.88. The first-order chi connectivity index (χ1) is 9.46. The van der Waals surface area contributed by atoms with E-state index in [0.29, 0.717) is 13.0 Å². The second-order valence-corrected chi connectivity index (χ2v) is 5.40. The minimum Gasteiger partial charge on any atom is -0.480 e. The van der Waals surface area contributed by atoms with E-state index in [1.165, 1.54) is 0 Å². The first kappa shape index (κ1) is 14.5. The van der Waals surface area contributed by atoms with Crippen molar-refractivity contribution in [3.63, 3.8) is 0 Å². The second kappa shape index (κ2) is 5.63. The van der Waals surface area contributed by atoms with Crippen LogP contribution in [0.5, 0.6) is 0 Å². The van der Waals surface area contributed by atoms with Crippen molar-refractivity contribution >= 4 is 11.6 Å². The van der Waals surface area contributed by atoms with Gasteiger partial charge in [0.15, 0.2) is 0 Å². The molecule has 0 radical (unpaired) electrons. The number of carbonyl (C=O) groups is 1. The zero-order valence-electron chi connectivity index (χ0n) is 12.2. The van der Waals surface area contributed by atoms with Crippen LogP contribution >= 0.6 is 0 Å². The maximum atomic E-state index is 11.4. The SMILES string of the molecule is CCCC(C)(NCc1cn2cccc(C)c2n1)C(=O)O. The van der Waals surface area contributed by atoms with Crippen LogP contribution in [0.2, 0.25) is 0 Å². The lowest BCUT2D eigenvalue weighted by Crippen LogP contribution is -2.48. The van der Waals surface area contributed by atoms with Gasteiger partial charge in [-0.2, -0.15) is 0 Å². The molecule has 2 aromatic heterocycles. The summed E-state index contributed by atoms with van der Waals surface area (Å²) in [6, 6.07) is 3.98. The Kier molecular flexibility index (Phi) is 4.09. The normalized spacial score (nSPS) is 14.3. The van der Waals surface area contributed by atoms with Crippen LogP contribution in [0, 0.1) is 6.92 Å². The molecule has 0 fully saturated rings. The van der Waals surface area contributed by atoms with Gasteiger partial charge in [-0.1, -0.05) is 19.4 Å². The molecule has 5 nitrogen and oxygen atoms in total. The number of hydrogen-bond acceptors (Lipinski definition) is 3. The topological polar surface area (TPSA) is 66.6 Å². The number of aromatic nitrogens is 2. The Bertz CT molecular complexity index is 621. The standard InChI is InChI=1S/C15H21N3O2/c1-4-7-15(3,14(19)20)16-9-12-10-18-8-5-6-11(2)13(18)17-12/h5-6,8,10,16H,4,7,9H2,1-3H3,(H,19,20). The summed E-state index contributed by atoms with van der Waals surface area (Å²) >= 11 is 0. The van der Waals surface area contributed by atoms with E-state index in [4.69, 9.17) is 0 Å². The molecule has 2 heterocycles. The van der Waals surface area contributed by atoms with Crippen LogP contribution < -0.4 is 5.32 Å². The molecular formula is C15H21N3O2. The minimum absolute atomic E-state index is 0.448. The number of nitrogens with one attached hydrogen (secondary N) is 1. The molecule has 0 amide bonds. The molecule has 0 saturated carbocycles. The Balaban J connectivity index is 2.16. The highest BCUT2D eigenvalue weighted by molar-refractivity contribution is 5.78. The smallest absolute Gasteiger partial charge is 0.323 e. The van der Waals surface area contributed by atoms with Crippen LogP contribution in [-0.2, 0) is 11.3 Å². The van der Waals surface area contributed by atoms with Crippen LogP contribution in [-0.4, -0.2) is 26.0 Å². The highest BCUT2D eigenvalue weighted by Crippen LogP contribution is 2.15. The van der Waals surface area contributed by atoms with Crippen molar-refractivity contribution in [1.29, 1.82) is 0 Å². The van der Waals surface area contributed by atoms with E-state index in [9.17, 15) is 9.90 Å². The van der Waals surface area contributed by atoms with Gasteiger partial charge in [-0.05, 0) is 31.9 Å². The van der Waals surface area contributed by atoms with Crippen molar-refractivity contribution < 1.29 is 9.90 Å². The van der Waals surface area contributed by atoms with Crippen molar-refractivity contribution in [3.05, 3.63) is 35.8 Å². The minimum atomic E-state index is -0.903. The summed E-state index contributed by atoms with van der Waals surface area (Å²) in [5, 5.41) is 12.5. The molecule has 20 heavy (non-hydrogen) atoms. The summed E-state index contributed by atoms with van der Waals surface area (Å²) in [6.07, 6.45) is 5.29. The van der Waals surface area contributed by atoms with E-state index in [0.717, 1.165) is 23.3 Å². The Morgan fingerprint density at radius 1 is 1.55 bits per heavy atom. The van der Waals surface area contributed by atoms with Crippen LogP contribution in [0.25, 0.3) is 5.65 Å². The molecule has 0 spiro atoms. The van der Waals surface area contributed by atoms with Gasteiger partial charge < -0.3 is 9.51 Å². The van der Waals surface area contributed by atoms with Gasteiger partial charge in [0, 0.05) is 18.9 Å². The monoisotopic (exact) mass is 275 g/mol. The lowest BCUT2D eigenvalue weighted by atomic mass is 9.96. The van der Waals surface area contributed by atoms with E-state index >= 15 is 0 Å². The molecule has 1 unspecified atom stereocenters. The predicted molar refractivity (Wildman–Crippen MR) is 77.7 cm³/mol. The molecule has 0 aliphatic heterocycles. The number of aryl methyl sites for hydroxylation is 1. The molecule has 2 rings (SSSR count). The molecule has 1 atom stereocenters. The van der Waals surface area contributed by atoms with E-state index in [-0.39, 0.29) is 0 Å². The lowest BCUT2D eigenvalue weighted by Gasteiger charge is -2.25. The van der Waals surface area contributed by atoms with E-state index in [1.807, 2.05) is 42.8 Å². The molecule has 108 valence electrons. The predicted octanol–water partition coefficient (Wildman–Crippen LogP) is 2.38. The summed E-state index contributed by atoms with van der Waals surface area (Å²) in [5.74, 6) is -0.820. The maximum absolute atomic E-state index is 11.4. The Morgan fingerprint density at radius 2 is 2.30 bits per heavy atom. The van der Waals surface area contributed by atoms with Crippen molar-refractivity contribution in [2.45, 2.75) is 45.7 Å². The van der Waals surface area contributed by atoms with Gasteiger partial charge >= 0.3 is 5.97 Å². The van der Waals surface area contributed by atoms with Gasteiger partial charge in [0.2, 0.25) is 0 Å². The zero-order valence-corrected chi connectivity index (χ0v) is 12.2. The van der Waals surface area contributed by atoms with E-state index in [1.54, 1.807) is 6.92 Å². The summed E-state index contributed by atoms with van der Waals surface area (Å²) in [4.78, 5) is 15.9. The molecule has 0 bridgehead atoms. The Hall–Kier alpha value is -1.88. The first-order valence-corrected chi connectivity index (χ1v) is 6.88. The van der Waals surface area contributed by atoms with Crippen molar-refractivity contribution in [2.75, 3.05) is 0 Å². The molecule has 2 aromatic rings. The fourth-order valence-corrected chi connectivity index (χ4v) is 2.35. The third kappa shape index (κ3) is 2.82. The summed E-state index contributed by atoms with van der Waals surface area (Å²) < 4.78 is 1.96. The van der Waals surface area contributed by atoms with Gasteiger partial charge in [-0.3, -0.25) is 10.1 Å². The number of hydrogen-bond donors (Lipinski definition) is 2. The van der Waals surface area contributed by atoms with Gasteiger partial charge in [0.1, 0.15) is 11.2 Å². The molecular weight excluding hydrogens is 254 g/mol. The molecule has 2 N–H and O–H groups in total. The third-order valence-corrected chi connectivity index (χ3v) is 3.61. The summed E-state index contributed by atoms with van der Waals surface area (Å²) in [7, 11) is 0.